The third kappa shape index (κ3) is 26.6. The molecule has 270 valence electrons. The molecule has 0 heterocycles. The topological polar surface area (TPSA) is 29.5 Å². The Morgan fingerprint density at radius 3 is 1.09 bits per heavy atom. The molecule has 0 aromatic heterocycles. The van der Waals surface area contributed by atoms with Gasteiger partial charge in [0.05, 0.1) is 7.11 Å². The van der Waals surface area contributed by atoms with E-state index in [0.29, 0.717) is 5.56 Å². The smallest absolute Gasteiger partial charge is 0.261 e. The molecule has 0 fully saturated rings. The summed E-state index contributed by atoms with van der Waals surface area (Å²) in [4.78, 5) is 15.1. The number of ether oxygens (including phenoxy) is 1. The van der Waals surface area contributed by atoms with Crippen LogP contribution in [-0.4, -0.2) is 17.9 Å². The van der Waals surface area contributed by atoms with Crippen LogP contribution in [0, 0.1) is 0 Å². The second kappa shape index (κ2) is 33.9. The number of rotatable bonds is 34. The van der Waals surface area contributed by atoms with Crippen LogP contribution >= 0.6 is 0 Å². The van der Waals surface area contributed by atoms with E-state index in [-0.39, 0.29) is 5.91 Å². The average Bonchev–Trinajstić information content (AvgIpc) is 3.10. The number of benzene rings is 1. The lowest BCUT2D eigenvalue weighted by molar-refractivity contribution is 0.0869. The number of unbranched alkanes of at least 4 members (excludes halogenated alkanes) is 28. The van der Waals surface area contributed by atoms with Crippen molar-refractivity contribution < 1.29 is 9.53 Å². The van der Waals surface area contributed by atoms with Gasteiger partial charge in [-0.3, -0.25) is 9.69 Å². The molecular formula is C44H77NO2. The molecule has 3 nitrogen and oxygen atoms in total. The quantitative estimate of drug-likeness (QED) is 0.0694. The summed E-state index contributed by atoms with van der Waals surface area (Å²) in [7, 11) is 1.66. The van der Waals surface area contributed by atoms with Gasteiger partial charge in [-0.25, -0.2) is 0 Å². The largest absolute Gasteiger partial charge is 0.497 e. The molecule has 0 radical (unpaired) electrons. The van der Waals surface area contributed by atoms with Crippen LogP contribution in [0.4, 0.5) is 0 Å². The fourth-order valence-corrected chi connectivity index (χ4v) is 6.36. The highest BCUT2D eigenvalue weighted by Gasteiger charge is 2.11. The number of methoxy groups -OCH3 is 1. The van der Waals surface area contributed by atoms with Crippen molar-refractivity contribution in [2.45, 2.75) is 206 Å². The maximum atomic E-state index is 13.3. The first-order valence-corrected chi connectivity index (χ1v) is 20.5. The van der Waals surface area contributed by atoms with Crippen LogP contribution in [0.25, 0.3) is 0 Å². The molecule has 0 bridgehead atoms. The molecule has 0 aliphatic heterocycles. The molecule has 1 amide bonds. The zero-order valence-electron chi connectivity index (χ0n) is 31.6. The zero-order valence-corrected chi connectivity index (χ0v) is 31.6. The van der Waals surface area contributed by atoms with Gasteiger partial charge in [-0.1, -0.05) is 193 Å². The lowest BCUT2D eigenvalue weighted by Gasteiger charge is -2.14. The van der Waals surface area contributed by atoms with Gasteiger partial charge in [-0.05, 0) is 49.9 Å². The number of hydrogen-bond donors (Lipinski definition) is 0. The number of carbonyl (C=O) groups excluding carboxylic acids is 1. The third-order valence-electron chi connectivity index (χ3n) is 9.55. The molecular weight excluding hydrogens is 574 g/mol. The van der Waals surface area contributed by atoms with Gasteiger partial charge in [0.15, 0.2) is 0 Å². The minimum atomic E-state index is 0.0158. The fraction of sp³-hybridized carbons (Fsp3) is 0.750. The van der Waals surface area contributed by atoms with Crippen LogP contribution in [-0.2, 0) is 0 Å². The zero-order chi connectivity index (χ0) is 33.9. The summed E-state index contributed by atoms with van der Waals surface area (Å²) in [6.45, 7) is 4.58. The Hall–Kier alpha value is -2.03. The van der Waals surface area contributed by atoms with Crippen LogP contribution in [0.5, 0.6) is 5.75 Å². The highest BCUT2D eigenvalue weighted by molar-refractivity contribution is 5.95. The minimum Gasteiger partial charge on any atom is -0.497 e. The number of amides is 1. The Morgan fingerprint density at radius 2 is 0.787 bits per heavy atom. The van der Waals surface area contributed by atoms with Gasteiger partial charge in [-0.2, -0.15) is 0 Å². The molecule has 0 saturated heterocycles. The molecule has 0 atom stereocenters. The molecule has 1 aromatic carbocycles. The Labute approximate surface area is 293 Å². The van der Waals surface area contributed by atoms with Crippen LogP contribution in [0.3, 0.4) is 0 Å². The van der Waals surface area contributed by atoms with Crippen molar-refractivity contribution >= 4 is 5.91 Å². The molecule has 0 aliphatic carbocycles. The molecule has 1 rings (SSSR count). The van der Waals surface area contributed by atoms with Crippen molar-refractivity contribution in [3.05, 3.63) is 54.4 Å². The van der Waals surface area contributed by atoms with Crippen molar-refractivity contribution in [2.24, 2.45) is 0 Å². The van der Waals surface area contributed by atoms with Crippen molar-refractivity contribution in [3.63, 3.8) is 0 Å². The number of nitrogens with zero attached hydrogens (tertiary/aromatic N) is 1. The van der Waals surface area contributed by atoms with E-state index in [1.54, 1.807) is 12.0 Å². The van der Waals surface area contributed by atoms with Gasteiger partial charge in [-0.15, -0.1) is 0 Å². The first kappa shape index (κ1) is 43.0. The monoisotopic (exact) mass is 652 g/mol. The van der Waals surface area contributed by atoms with Crippen LogP contribution in [0.15, 0.2) is 48.8 Å². The van der Waals surface area contributed by atoms with Gasteiger partial charge >= 0.3 is 0 Å². The number of hydrogen-bond acceptors (Lipinski definition) is 2. The van der Waals surface area contributed by atoms with Crippen molar-refractivity contribution in [3.8, 4) is 5.75 Å². The standard InChI is InChI=1S/C44H77NO2/c1-4-6-8-10-12-14-16-18-20-22-24-26-28-30-32-34-40-45(44(46)42-36-38-43(47-3)39-37-42)41-35-33-31-29-27-25-23-21-19-17-15-13-11-9-7-5-2/h34-41H,4-33H2,1-3H3. The van der Waals surface area contributed by atoms with E-state index < -0.39 is 0 Å². The van der Waals surface area contributed by atoms with E-state index in [1.807, 2.05) is 36.7 Å². The van der Waals surface area contributed by atoms with E-state index in [4.69, 9.17) is 4.74 Å². The summed E-state index contributed by atoms with van der Waals surface area (Å²) in [5.41, 5.74) is 0.688. The Balaban J connectivity index is 2.24. The van der Waals surface area contributed by atoms with Gasteiger partial charge in [0.1, 0.15) is 5.75 Å². The normalized spacial score (nSPS) is 11.6. The summed E-state index contributed by atoms with van der Waals surface area (Å²) in [6, 6.07) is 7.44. The Kier molecular flexibility index (Phi) is 31.0. The molecule has 0 N–H and O–H groups in total. The average molecular weight is 652 g/mol. The molecule has 47 heavy (non-hydrogen) atoms. The molecule has 1 aromatic rings. The SMILES string of the molecule is CCCCCCCCCCCCCCCCC=CN(C=CCCCCCCCCCCCCCCCC)C(=O)c1ccc(OC)cc1. The molecule has 3 heteroatoms. The van der Waals surface area contributed by atoms with Crippen molar-refractivity contribution in [1.29, 1.82) is 0 Å². The third-order valence-corrected chi connectivity index (χ3v) is 9.55. The maximum absolute atomic E-state index is 13.3. The maximum Gasteiger partial charge on any atom is 0.261 e. The van der Waals surface area contributed by atoms with Crippen molar-refractivity contribution in [2.75, 3.05) is 7.11 Å². The highest BCUT2D eigenvalue weighted by Crippen LogP contribution is 2.17. The minimum absolute atomic E-state index is 0.0158. The second-order valence-corrected chi connectivity index (χ2v) is 14.0. The summed E-state index contributed by atoms with van der Waals surface area (Å²) in [5, 5.41) is 0. The first-order chi connectivity index (χ1) is 23.2. The van der Waals surface area contributed by atoms with Crippen molar-refractivity contribution in [1.82, 2.24) is 4.90 Å². The van der Waals surface area contributed by atoms with Gasteiger partial charge in [0, 0.05) is 18.0 Å². The summed E-state index contributed by atoms with van der Waals surface area (Å²) >= 11 is 0. The molecule has 0 unspecified atom stereocenters. The predicted molar refractivity (Wildman–Crippen MR) is 207 cm³/mol. The lowest BCUT2D eigenvalue weighted by Crippen LogP contribution is -2.20. The predicted octanol–water partition coefficient (Wildman–Crippen LogP) is 14.9. The fourth-order valence-electron chi connectivity index (χ4n) is 6.36. The van der Waals surface area contributed by atoms with Crippen LogP contribution < -0.4 is 4.74 Å². The second-order valence-electron chi connectivity index (χ2n) is 14.0. The van der Waals surface area contributed by atoms with E-state index >= 15 is 0 Å². The molecule has 0 saturated carbocycles. The summed E-state index contributed by atoms with van der Waals surface area (Å²) < 4.78 is 5.28. The van der Waals surface area contributed by atoms with Gasteiger partial charge in [0.2, 0.25) is 0 Å². The Morgan fingerprint density at radius 1 is 0.489 bits per heavy atom. The van der Waals surface area contributed by atoms with E-state index in [1.165, 1.54) is 180 Å². The van der Waals surface area contributed by atoms with Crippen LogP contribution in [0.2, 0.25) is 0 Å². The lowest BCUT2D eigenvalue weighted by atomic mass is 10.0. The first-order valence-electron chi connectivity index (χ1n) is 20.5. The van der Waals surface area contributed by atoms with Gasteiger partial charge < -0.3 is 4.74 Å². The number of allylic oxidation sites excluding steroid dienone is 2. The number of carbonyl (C=O) groups is 1. The molecule has 0 spiro atoms. The van der Waals surface area contributed by atoms with E-state index in [2.05, 4.69) is 26.0 Å². The van der Waals surface area contributed by atoms with E-state index in [0.717, 1.165) is 18.6 Å². The summed E-state index contributed by atoms with van der Waals surface area (Å²) in [6.07, 6.45) is 49.0. The summed E-state index contributed by atoms with van der Waals surface area (Å²) in [5.74, 6) is 0.789. The van der Waals surface area contributed by atoms with E-state index in [9.17, 15) is 4.79 Å². The van der Waals surface area contributed by atoms with Gasteiger partial charge in [0.25, 0.3) is 5.91 Å². The molecule has 0 aliphatic rings. The Bertz CT molecular complexity index is 816. The highest BCUT2D eigenvalue weighted by atomic mass is 16.5. The van der Waals surface area contributed by atoms with Crippen LogP contribution in [0.1, 0.15) is 217 Å².